The Morgan fingerprint density at radius 2 is 1.69 bits per heavy atom. The molecule has 5 nitrogen and oxygen atoms in total. The number of ether oxygens (including phenoxy) is 2. The van der Waals surface area contributed by atoms with Gasteiger partial charge in [-0.05, 0) is 60.0 Å². The van der Waals surface area contributed by atoms with Gasteiger partial charge in [0.05, 0.1) is 30.5 Å². The molecule has 0 unspecified atom stereocenters. The number of carbonyl (C=O) groups excluding carboxylic acids is 1. The van der Waals surface area contributed by atoms with Gasteiger partial charge in [0.25, 0.3) is 5.91 Å². The number of halogens is 2. The normalized spacial score (nSPS) is 14.5. The highest BCUT2D eigenvalue weighted by Crippen LogP contribution is 2.38. The average molecular weight is 580 g/mol. The summed E-state index contributed by atoms with van der Waals surface area (Å²) < 4.78 is 12.5. The number of piperidine rings is 1. The number of hydrogen-bond acceptors (Lipinski definition) is 5. The van der Waals surface area contributed by atoms with Crippen LogP contribution in [-0.2, 0) is 0 Å². The van der Waals surface area contributed by atoms with E-state index in [0.717, 1.165) is 28.6 Å². The van der Waals surface area contributed by atoms with Gasteiger partial charge in [-0.1, -0.05) is 28.1 Å². The largest absolute Gasteiger partial charge is 0.493 e. The zero-order chi connectivity index (χ0) is 22.8. The van der Waals surface area contributed by atoms with Crippen molar-refractivity contribution < 1.29 is 14.3 Å². The van der Waals surface area contributed by atoms with Gasteiger partial charge in [-0.25, -0.2) is 4.98 Å². The molecule has 1 saturated heterocycles. The first kappa shape index (κ1) is 23.3. The molecule has 168 valence electrons. The van der Waals surface area contributed by atoms with Crippen LogP contribution in [0.2, 0.25) is 0 Å². The smallest absolute Gasteiger partial charge is 0.255 e. The fourth-order valence-corrected chi connectivity index (χ4v) is 5.85. The first-order valence-electron chi connectivity index (χ1n) is 10.3. The second-order valence-electron chi connectivity index (χ2n) is 7.72. The highest BCUT2D eigenvalue weighted by atomic mass is 79.9. The van der Waals surface area contributed by atoms with Crippen molar-refractivity contribution in [1.29, 1.82) is 0 Å². The average Bonchev–Trinajstić information content (AvgIpc) is 3.20. The van der Waals surface area contributed by atoms with Crippen molar-refractivity contribution in [3.05, 3.63) is 60.8 Å². The molecular formula is C24H24Br2N2O3S. The molecule has 0 radical (unpaired) electrons. The number of thiazole rings is 1. The highest BCUT2D eigenvalue weighted by molar-refractivity contribution is 9.10. The lowest BCUT2D eigenvalue weighted by Gasteiger charge is -2.31. The van der Waals surface area contributed by atoms with Gasteiger partial charge in [0.2, 0.25) is 0 Å². The van der Waals surface area contributed by atoms with E-state index in [2.05, 4.69) is 50.9 Å². The molecule has 0 aliphatic carbocycles. The van der Waals surface area contributed by atoms with Gasteiger partial charge in [-0.2, -0.15) is 0 Å². The van der Waals surface area contributed by atoms with E-state index in [-0.39, 0.29) is 5.91 Å². The molecule has 3 aromatic rings. The summed E-state index contributed by atoms with van der Waals surface area (Å²) in [5, 5.41) is 1.17. The Kier molecular flexibility index (Phi) is 7.22. The summed E-state index contributed by atoms with van der Waals surface area (Å²) >= 11 is 8.78. The van der Waals surface area contributed by atoms with Crippen LogP contribution in [0.25, 0.3) is 11.3 Å². The number of nitrogens with zero attached hydrogens (tertiary/aromatic N) is 2. The van der Waals surface area contributed by atoms with Gasteiger partial charge in [-0.15, -0.1) is 11.3 Å². The second-order valence-corrected chi connectivity index (χ2v) is 10.7. The summed E-state index contributed by atoms with van der Waals surface area (Å²) in [6.07, 6.45) is 1.81. The van der Waals surface area contributed by atoms with Gasteiger partial charge in [0.1, 0.15) is 0 Å². The van der Waals surface area contributed by atoms with Gasteiger partial charge in [0, 0.05) is 38.4 Å². The van der Waals surface area contributed by atoms with E-state index in [9.17, 15) is 4.79 Å². The fraction of sp³-hybridized carbons (Fsp3) is 0.333. The molecule has 0 saturated carbocycles. The van der Waals surface area contributed by atoms with Crippen LogP contribution in [-0.4, -0.2) is 43.1 Å². The molecule has 2 aromatic carbocycles. The van der Waals surface area contributed by atoms with Crippen LogP contribution in [0, 0.1) is 6.92 Å². The van der Waals surface area contributed by atoms with E-state index in [0.29, 0.717) is 40.5 Å². The van der Waals surface area contributed by atoms with E-state index < -0.39 is 0 Å². The Labute approximate surface area is 209 Å². The number of amides is 1. The van der Waals surface area contributed by atoms with E-state index in [1.165, 1.54) is 9.88 Å². The molecule has 1 aromatic heterocycles. The lowest BCUT2D eigenvalue weighted by atomic mass is 9.97. The minimum Gasteiger partial charge on any atom is -0.493 e. The molecule has 32 heavy (non-hydrogen) atoms. The molecule has 2 heterocycles. The second kappa shape index (κ2) is 9.93. The monoisotopic (exact) mass is 578 g/mol. The summed E-state index contributed by atoms with van der Waals surface area (Å²) in [7, 11) is 3.16. The Morgan fingerprint density at radius 1 is 1.06 bits per heavy atom. The van der Waals surface area contributed by atoms with Crippen LogP contribution in [0.1, 0.15) is 39.0 Å². The molecule has 1 amide bonds. The topological polar surface area (TPSA) is 51.7 Å². The molecule has 8 heteroatoms. The quantitative estimate of drug-likeness (QED) is 0.338. The van der Waals surface area contributed by atoms with Gasteiger partial charge >= 0.3 is 0 Å². The van der Waals surface area contributed by atoms with Crippen molar-refractivity contribution in [1.82, 2.24) is 9.88 Å². The zero-order valence-electron chi connectivity index (χ0n) is 18.2. The number of rotatable bonds is 5. The first-order valence-corrected chi connectivity index (χ1v) is 12.8. The van der Waals surface area contributed by atoms with E-state index in [1.807, 2.05) is 17.0 Å². The number of hydrogen-bond donors (Lipinski definition) is 0. The van der Waals surface area contributed by atoms with Gasteiger partial charge in [0.15, 0.2) is 11.5 Å². The number of likely N-dealkylation sites (tertiary alicyclic amines) is 1. The maximum atomic E-state index is 13.2. The minimum atomic E-state index is 0.00199. The lowest BCUT2D eigenvalue weighted by Crippen LogP contribution is -2.38. The molecule has 0 N–H and O–H groups in total. The van der Waals surface area contributed by atoms with E-state index >= 15 is 0 Å². The number of methoxy groups -OCH3 is 2. The van der Waals surface area contributed by atoms with Crippen LogP contribution in [0.4, 0.5) is 0 Å². The van der Waals surface area contributed by atoms with Gasteiger partial charge in [-0.3, -0.25) is 4.79 Å². The van der Waals surface area contributed by atoms with Crippen LogP contribution >= 0.6 is 43.2 Å². The summed E-state index contributed by atoms with van der Waals surface area (Å²) in [4.78, 5) is 21.3. The van der Waals surface area contributed by atoms with Crippen LogP contribution in [0.5, 0.6) is 11.5 Å². The Morgan fingerprint density at radius 3 is 2.31 bits per heavy atom. The number of aryl methyl sites for hydroxylation is 1. The molecule has 1 aliphatic rings. The summed E-state index contributed by atoms with van der Waals surface area (Å²) in [6, 6.07) is 11.8. The van der Waals surface area contributed by atoms with Crippen molar-refractivity contribution in [2.75, 3.05) is 27.3 Å². The number of aromatic nitrogens is 1. The van der Waals surface area contributed by atoms with E-state index in [4.69, 9.17) is 14.5 Å². The van der Waals surface area contributed by atoms with Crippen LogP contribution < -0.4 is 9.47 Å². The Balaban J connectivity index is 1.46. The third-order valence-electron chi connectivity index (χ3n) is 5.77. The SMILES string of the molecule is COc1cc(Br)c(C(=O)N2CCC(c3nc(-c4ccc(Br)cc4)c(C)s3)CC2)cc1OC. The zero-order valence-corrected chi connectivity index (χ0v) is 22.1. The fourth-order valence-electron chi connectivity index (χ4n) is 3.99. The van der Waals surface area contributed by atoms with Crippen molar-refractivity contribution in [3.8, 4) is 22.8 Å². The van der Waals surface area contributed by atoms with Crippen molar-refractivity contribution in [2.45, 2.75) is 25.7 Å². The summed E-state index contributed by atoms with van der Waals surface area (Å²) in [5.41, 5.74) is 2.79. The summed E-state index contributed by atoms with van der Waals surface area (Å²) in [5.74, 6) is 1.52. The standard InChI is InChI=1S/C24H24Br2N2O3S/c1-14-22(15-4-6-17(25)7-5-15)27-23(32-14)16-8-10-28(11-9-16)24(29)18-12-20(30-2)21(31-3)13-19(18)26/h4-7,12-13,16H,8-11H2,1-3H3. The lowest BCUT2D eigenvalue weighted by molar-refractivity contribution is 0.0711. The Bertz CT molecular complexity index is 1120. The first-order chi connectivity index (χ1) is 15.4. The molecule has 0 atom stereocenters. The number of carbonyl (C=O) groups is 1. The molecule has 0 bridgehead atoms. The van der Waals surface area contributed by atoms with Crippen LogP contribution in [0.15, 0.2) is 45.3 Å². The maximum absolute atomic E-state index is 13.2. The highest BCUT2D eigenvalue weighted by Gasteiger charge is 2.28. The third kappa shape index (κ3) is 4.72. The molecular weight excluding hydrogens is 556 g/mol. The molecule has 1 aliphatic heterocycles. The predicted octanol–water partition coefficient (Wildman–Crippen LogP) is 6.68. The minimum absolute atomic E-state index is 0.00199. The maximum Gasteiger partial charge on any atom is 0.255 e. The van der Waals surface area contributed by atoms with Gasteiger partial charge < -0.3 is 14.4 Å². The van der Waals surface area contributed by atoms with Crippen molar-refractivity contribution in [3.63, 3.8) is 0 Å². The van der Waals surface area contributed by atoms with Crippen molar-refractivity contribution >= 4 is 49.1 Å². The third-order valence-corrected chi connectivity index (χ3v) is 8.08. The number of benzene rings is 2. The van der Waals surface area contributed by atoms with E-state index in [1.54, 1.807) is 37.7 Å². The molecule has 1 fully saturated rings. The van der Waals surface area contributed by atoms with Crippen LogP contribution in [0.3, 0.4) is 0 Å². The van der Waals surface area contributed by atoms with Crippen molar-refractivity contribution in [2.24, 2.45) is 0 Å². The Hall–Kier alpha value is -1.90. The predicted molar refractivity (Wildman–Crippen MR) is 135 cm³/mol. The molecule has 4 rings (SSSR count). The molecule has 0 spiro atoms. The summed E-state index contributed by atoms with van der Waals surface area (Å²) in [6.45, 7) is 3.54.